The lowest BCUT2D eigenvalue weighted by Crippen LogP contribution is -2.27. The van der Waals surface area contributed by atoms with E-state index in [4.69, 9.17) is 4.74 Å². The van der Waals surface area contributed by atoms with Gasteiger partial charge in [0.25, 0.3) is 0 Å². The van der Waals surface area contributed by atoms with Gasteiger partial charge in [-0.15, -0.1) is 5.10 Å². The van der Waals surface area contributed by atoms with Crippen LogP contribution in [0.1, 0.15) is 52.0 Å². The summed E-state index contributed by atoms with van der Waals surface area (Å²) in [6, 6.07) is 0.408. The highest BCUT2D eigenvalue weighted by Gasteiger charge is 2.18. The normalized spacial score (nSPS) is 15.0. The Morgan fingerprint density at radius 1 is 1.28 bits per heavy atom. The highest BCUT2D eigenvalue weighted by atomic mass is 16.5. The fourth-order valence-corrected chi connectivity index (χ4v) is 1.71. The Bertz CT molecular complexity index is 339. The molecule has 1 heterocycles. The second-order valence-corrected chi connectivity index (χ2v) is 5.14. The van der Waals surface area contributed by atoms with Crippen LogP contribution in [0.4, 0.5) is 0 Å². The molecule has 1 aromatic heterocycles. The molecule has 0 fully saturated rings. The molecule has 0 amide bonds. The van der Waals surface area contributed by atoms with Crippen molar-refractivity contribution < 1.29 is 4.74 Å². The third-order valence-electron chi connectivity index (χ3n) is 2.90. The molecular weight excluding hydrogens is 230 g/mol. The second kappa shape index (κ2) is 7.43. The fourth-order valence-electron chi connectivity index (χ4n) is 1.71. The summed E-state index contributed by atoms with van der Waals surface area (Å²) in [5.74, 6) is 1.50. The summed E-state index contributed by atoms with van der Waals surface area (Å²) in [7, 11) is 1.71. The molecule has 0 aliphatic heterocycles. The van der Waals surface area contributed by atoms with E-state index in [2.05, 4.69) is 48.5 Å². The Morgan fingerprint density at radius 2 is 2.00 bits per heavy atom. The van der Waals surface area contributed by atoms with Crippen molar-refractivity contribution >= 4 is 0 Å². The molecule has 18 heavy (non-hydrogen) atoms. The van der Waals surface area contributed by atoms with Crippen LogP contribution in [-0.2, 0) is 4.74 Å². The van der Waals surface area contributed by atoms with Crippen LogP contribution in [0.5, 0.6) is 0 Å². The van der Waals surface area contributed by atoms with Crippen LogP contribution in [0, 0.1) is 5.92 Å². The third kappa shape index (κ3) is 4.34. The molecule has 2 atom stereocenters. The van der Waals surface area contributed by atoms with Crippen LogP contribution in [0.25, 0.3) is 0 Å². The van der Waals surface area contributed by atoms with Gasteiger partial charge in [-0.1, -0.05) is 13.8 Å². The van der Waals surface area contributed by atoms with Crippen LogP contribution in [-0.4, -0.2) is 40.5 Å². The number of tetrazole rings is 1. The molecule has 0 saturated carbocycles. The van der Waals surface area contributed by atoms with Gasteiger partial charge in [-0.3, -0.25) is 0 Å². The molecule has 1 aromatic rings. The highest BCUT2D eigenvalue weighted by Crippen LogP contribution is 2.15. The molecule has 6 heteroatoms. The molecule has 0 spiro atoms. The molecule has 0 radical (unpaired) electrons. The quantitative estimate of drug-likeness (QED) is 0.764. The topological polar surface area (TPSA) is 64.9 Å². The molecule has 2 unspecified atom stereocenters. The van der Waals surface area contributed by atoms with Crippen molar-refractivity contribution in [3.8, 4) is 0 Å². The van der Waals surface area contributed by atoms with Crippen molar-refractivity contribution in [2.24, 2.45) is 5.92 Å². The predicted octanol–water partition coefficient (Wildman–Crippen LogP) is 1.58. The Kier molecular flexibility index (Phi) is 6.21. The molecule has 0 aliphatic carbocycles. The van der Waals surface area contributed by atoms with Crippen LogP contribution in [0.3, 0.4) is 0 Å². The largest absolute Gasteiger partial charge is 0.385 e. The molecule has 0 saturated heterocycles. The number of aromatic nitrogens is 4. The summed E-state index contributed by atoms with van der Waals surface area (Å²) in [5, 5.41) is 15.4. The average molecular weight is 255 g/mol. The summed E-state index contributed by atoms with van der Waals surface area (Å²) in [6.07, 6.45) is 0.908. The Balaban J connectivity index is 2.63. The zero-order valence-corrected chi connectivity index (χ0v) is 12.1. The maximum atomic E-state index is 5.09. The van der Waals surface area contributed by atoms with Crippen LogP contribution in [0.15, 0.2) is 0 Å². The van der Waals surface area contributed by atoms with Gasteiger partial charge in [0, 0.05) is 13.7 Å². The number of ether oxygens (including phenoxy) is 1. The van der Waals surface area contributed by atoms with E-state index in [0.717, 1.165) is 18.8 Å². The van der Waals surface area contributed by atoms with Crippen molar-refractivity contribution in [1.29, 1.82) is 0 Å². The van der Waals surface area contributed by atoms with Crippen LogP contribution >= 0.6 is 0 Å². The van der Waals surface area contributed by atoms with E-state index in [1.54, 1.807) is 7.11 Å². The van der Waals surface area contributed by atoms with E-state index in [0.29, 0.717) is 12.5 Å². The van der Waals surface area contributed by atoms with E-state index >= 15 is 0 Å². The molecule has 0 aliphatic rings. The number of hydrogen-bond donors (Lipinski definition) is 1. The minimum Gasteiger partial charge on any atom is -0.385 e. The minimum atomic E-state index is 0.160. The van der Waals surface area contributed by atoms with Crippen LogP contribution in [0.2, 0.25) is 0 Å². The molecule has 6 nitrogen and oxygen atoms in total. The van der Waals surface area contributed by atoms with Gasteiger partial charge in [-0.2, -0.15) is 0 Å². The molecular formula is C12H25N5O. The van der Waals surface area contributed by atoms with E-state index < -0.39 is 0 Å². The van der Waals surface area contributed by atoms with Gasteiger partial charge in [0.05, 0.1) is 12.1 Å². The summed E-state index contributed by atoms with van der Waals surface area (Å²) >= 11 is 0. The average Bonchev–Trinajstić information content (AvgIpc) is 2.82. The molecule has 0 bridgehead atoms. The lowest BCUT2D eigenvalue weighted by molar-refractivity contribution is 0.177. The number of nitrogens with one attached hydrogen (secondary N) is 1. The SMILES string of the molecule is COCCC(C)n1nnnc1C(C)NCC(C)C. The van der Waals surface area contributed by atoms with E-state index in [9.17, 15) is 0 Å². The summed E-state index contributed by atoms with van der Waals surface area (Å²) < 4.78 is 6.98. The smallest absolute Gasteiger partial charge is 0.168 e. The molecule has 1 rings (SSSR count). The third-order valence-corrected chi connectivity index (χ3v) is 2.90. The van der Waals surface area contributed by atoms with Gasteiger partial charge < -0.3 is 10.1 Å². The predicted molar refractivity (Wildman–Crippen MR) is 70.3 cm³/mol. The molecule has 104 valence electrons. The summed E-state index contributed by atoms with van der Waals surface area (Å²) in [4.78, 5) is 0. The number of rotatable bonds is 8. The van der Waals surface area contributed by atoms with Gasteiger partial charge in [0.1, 0.15) is 0 Å². The van der Waals surface area contributed by atoms with Gasteiger partial charge in [0.15, 0.2) is 5.82 Å². The van der Waals surface area contributed by atoms with E-state index in [1.807, 2.05) is 4.68 Å². The fraction of sp³-hybridized carbons (Fsp3) is 0.917. The Morgan fingerprint density at radius 3 is 2.61 bits per heavy atom. The molecule has 0 aromatic carbocycles. The summed E-state index contributed by atoms with van der Waals surface area (Å²) in [6.45, 7) is 10.2. The van der Waals surface area contributed by atoms with Crippen LogP contribution < -0.4 is 5.32 Å². The first-order chi connectivity index (χ1) is 8.56. The van der Waals surface area contributed by atoms with E-state index in [1.165, 1.54) is 0 Å². The lowest BCUT2D eigenvalue weighted by atomic mass is 10.2. The van der Waals surface area contributed by atoms with Crippen molar-refractivity contribution in [3.63, 3.8) is 0 Å². The van der Waals surface area contributed by atoms with E-state index in [-0.39, 0.29) is 12.1 Å². The molecule has 1 N–H and O–H groups in total. The first-order valence-corrected chi connectivity index (χ1v) is 6.56. The second-order valence-electron chi connectivity index (χ2n) is 5.14. The first-order valence-electron chi connectivity index (χ1n) is 6.56. The van der Waals surface area contributed by atoms with Gasteiger partial charge in [-0.25, -0.2) is 4.68 Å². The Labute approximate surface area is 109 Å². The van der Waals surface area contributed by atoms with Gasteiger partial charge >= 0.3 is 0 Å². The zero-order chi connectivity index (χ0) is 13.5. The van der Waals surface area contributed by atoms with Crippen molar-refractivity contribution in [2.75, 3.05) is 20.3 Å². The van der Waals surface area contributed by atoms with Crippen molar-refractivity contribution in [2.45, 2.75) is 46.2 Å². The number of hydrogen-bond acceptors (Lipinski definition) is 5. The van der Waals surface area contributed by atoms with Gasteiger partial charge in [-0.05, 0) is 43.2 Å². The summed E-state index contributed by atoms with van der Waals surface area (Å²) in [5.41, 5.74) is 0. The Hall–Kier alpha value is -1.01. The zero-order valence-electron chi connectivity index (χ0n) is 12.1. The highest BCUT2D eigenvalue weighted by molar-refractivity contribution is 4.91. The minimum absolute atomic E-state index is 0.160. The maximum Gasteiger partial charge on any atom is 0.168 e. The first kappa shape index (κ1) is 15.0. The standard InChI is InChI=1S/C12H25N5O/c1-9(2)8-13-11(4)12-14-15-16-17(12)10(3)6-7-18-5/h9-11,13H,6-8H2,1-5H3. The maximum absolute atomic E-state index is 5.09. The monoisotopic (exact) mass is 255 g/mol. The van der Waals surface area contributed by atoms with Crippen molar-refractivity contribution in [3.05, 3.63) is 5.82 Å². The number of methoxy groups -OCH3 is 1. The van der Waals surface area contributed by atoms with Gasteiger partial charge in [0.2, 0.25) is 0 Å². The lowest BCUT2D eigenvalue weighted by Gasteiger charge is -2.18. The number of nitrogens with zero attached hydrogens (tertiary/aromatic N) is 4. The van der Waals surface area contributed by atoms with Crippen molar-refractivity contribution in [1.82, 2.24) is 25.5 Å².